The van der Waals surface area contributed by atoms with E-state index < -0.39 is 0 Å². The number of hydrogen-bond acceptors (Lipinski definition) is 4. The molecule has 5 heteroatoms. The van der Waals surface area contributed by atoms with Gasteiger partial charge in [0.1, 0.15) is 0 Å². The fourth-order valence-corrected chi connectivity index (χ4v) is 1.73. The lowest BCUT2D eigenvalue weighted by Crippen LogP contribution is -2.45. The lowest BCUT2D eigenvalue weighted by molar-refractivity contribution is -0.120. The average molecular weight is 247 g/mol. The fourth-order valence-electron chi connectivity index (χ4n) is 1.73. The van der Waals surface area contributed by atoms with Gasteiger partial charge >= 0.3 is 0 Å². The molecule has 0 unspecified atom stereocenters. The van der Waals surface area contributed by atoms with Crippen LogP contribution in [0.2, 0.25) is 0 Å². The van der Waals surface area contributed by atoms with E-state index in [0.717, 1.165) is 11.3 Å². The summed E-state index contributed by atoms with van der Waals surface area (Å²) in [6.07, 6.45) is 2.52. The van der Waals surface area contributed by atoms with E-state index in [1.54, 1.807) is 0 Å². The number of primary amides is 1. The van der Waals surface area contributed by atoms with Gasteiger partial charge in [0.2, 0.25) is 5.91 Å². The molecule has 0 radical (unpaired) electrons. The average Bonchev–Trinajstić information content (AvgIpc) is 2.40. The number of nitrogens with one attached hydrogen (secondary N) is 2. The normalized spacial score (nSPS) is 19.1. The molecule has 1 aliphatic heterocycles. The number of amides is 1. The van der Waals surface area contributed by atoms with Crippen molar-refractivity contribution >= 4 is 5.91 Å². The van der Waals surface area contributed by atoms with E-state index >= 15 is 0 Å². The van der Waals surface area contributed by atoms with Gasteiger partial charge in [-0.15, -0.1) is 0 Å². The smallest absolute Gasteiger partial charge is 0.234 e. The molecule has 2 rings (SSSR count). The first-order valence-electron chi connectivity index (χ1n) is 5.89. The summed E-state index contributed by atoms with van der Waals surface area (Å²) in [5.41, 5.74) is 10.1. The van der Waals surface area contributed by atoms with Crippen molar-refractivity contribution in [3.63, 3.8) is 0 Å². The van der Waals surface area contributed by atoms with Gasteiger partial charge in [-0.05, 0) is 12.0 Å². The summed E-state index contributed by atoms with van der Waals surface area (Å²) >= 11 is 0. The Hall–Kier alpha value is -1.85. The molecule has 0 aromatic heterocycles. The molecule has 0 saturated heterocycles. The molecule has 18 heavy (non-hydrogen) atoms. The van der Waals surface area contributed by atoms with Crippen LogP contribution < -0.4 is 16.5 Å². The molecule has 1 heterocycles. The Labute approximate surface area is 106 Å². The predicted molar refractivity (Wildman–Crippen MR) is 68.1 cm³/mol. The van der Waals surface area contributed by atoms with Crippen LogP contribution in [0.15, 0.2) is 42.1 Å². The van der Waals surface area contributed by atoms with E-state index in [1.165, 1.54) is 0 Å². The molecule has 0 aliphatic carbocycles. The third-order valence-corrected chi connectivity index (χ3v) is 2.77. The predicted octanol–water partition coefficient (Wildman–Crippen LogP) is 0.439. The van der Waals surface area contributed by atoms with Crippen LogP contribution in [-0.4, -0.2) is 18.5 Å². The van der Waals surface area contributed by atoms with Crippen molar-refractivity contribution < 1.29 is 9.63 Å². The molecular weight excluding hydrogens is 230 g/mol. The molecule has 4 N–H and O–H groups in total. The van der Waals surface area contributed by atoms with Gasteiger partial charge in [-0.3, -0.25) is 20.4 Å². The van der Waals surface area contributed by atoms with Gasteiger partial charge in [0.05, 0.1) is 12.6 Å². The zero-order valence-corrected chi connectivity index (χ0v) is 10.1. The highest BCUT2D eigenvalue weighted by Crippen LogP contribution is 2.05. The van der Waals surface area contributed by atoms with Crippen molar-refractivity contribution in [1.29, 1.82) is 0 Å². The first-order chi connectivity index (χ1) is 8.75. The van der Waals surface area contributed by atoms with Crippen LogP contribution in [0.25, 0.3) is 0 Å². The van der Waals surface area contributed by atoms with Crippen LogP contribution >= 0.6 is 0 Å². The summed E-state index contributed by atoms with van der Waals surface area (Å²) in [6.45, 7) is 1.06. The summed E-state index contributed by atoms with van der Waals surface area (Å²) in [6, 6.07) is 9.63. The molecule has 1 aromatic carbocycles. The van der Waals surface area contributed by atoms with E-state index in [9.17, 15) is 4.79 Å². The number of hydrogen-bond donors (Lipinski definition) is 3. The Morgan fingerprint density at radius 2 is 2.22 bits per heavy atom. The maximum Gasteiger partial charge on any atom is 0.234 e. The number of nitrogens with two attached hydrogens (primary N) is 1. The summed E-state index contributed by atoms with van der Waals surface area (Å²) in [7, 11) is 0. The topological polar surface area (TPSA) is 76.4 Å². The highest BCUT2D eigenvalue weighted by Gasteiger charge is 2.17. The van der Waals surface area contributed by atoms with Crippen molar-refractivity contribution in [3.05, 3.63) is 47.7 Å². The lowest BCUT2D eigenvalue weighted by atomic mass is 10.1. The Morgan fingerprint density at radius 1 is 1.44 bits per heavy atom. The Kier molecular flexibility index (Phi) is 4.33. The molecule has 1 amide bonds. The quantitative estimate of drug-likeness (QED) is 0.660. The van der Waals surface area contributed by atoms with Crippen LogP contribution in [0.5, 0.6) is 0 Å². The van der Waals surface area contributed by atoms with Gasteiger partial charge in [-0.25, -0.2) is 0 Å². The van der Waals surface area contributed by atoms with Crippen LogP contribution in [0.3, 0.4) is 0 Å². The standard InChI is InChI=1S/C13H17N3O2/c14-13(17)12-7-6-11(8-15-12)16-18-9-10-4-2-1-3-5-10/h1-6,12,15-16H,7-9H2,(H2,14,17)/t12-/m0/s1. The minimum Gasteiger partial charge on any atom is -0.368 e. The number of rotatable bonds is 5. The summed E-state index contributed by atoms with van der Waals surface area (Å²) < 4.78 is 0. The summed E-state index contributed by atoms with van der Waals surface area (Å²) in [4.78, 5) is 16.3. The monoisotopic (exact) mass is 247 g/mol. The highest BCUT2D eigenvalue weighted by atomic mass is 16.6. The second-order valence-electron chi connectivity index (χ2n) is 4.18. The highest BCUT2D eigenvalue weighted by molar-refractivity contribution is 5.80. The van der Waals surface area contributed by atoms with E-state index in [-0.39, 0.29) is 11.9 Å². The lowest BCUT2D eigenvalue weighted by Gasteiger charge is -2.21. The zero-order chi connectivity index (χ0) is 12.8. The largest absolute Gasteiger partial charge is 0.368 e. The molecule has 1 aromatic rings. The zero-order valence-electron chi connectivity index (χ0n) is 10.1. The number of benzene rings is 1. The SMILES string of the molecule is NC(=O)[C@@H]1CC=C(NOCc2ccccc2)CN1. The molecule has 1 atom stereocenters. The summed E-state index contributed by atoms with van der Waals surface area (Å²) in [5.74, 6) is -0.324. The molecule has 96 valence electrons. The third-order valence-electron chi connectivity index (χ3n) is 2.77. The van der Waals surface area contributed by atoms with Gasteiger partial charge in [-0.2, -0.15) is 0 Å². The number of carbonyl (C=O) groups is 1. The van der Waals surface area contributed by atoms with Gasteiger partial charge in [0.25, 0.3) is 0 Å². The van der Waals surface area contributed by atoms with Gasteiger partial charge in [0.15, 0.2) is 0 Å². The van der Waals surface area contributed by atoms with Crippen LogP contribution in [-0.2, 0) is 16.2 Å². The molecule has 0 spiro atoms. The Bertz CT molecular complexity index is 431. The van der Waals surface area contributed by atoms with Crippen LogP contribution in [0.4, 0.5) is 0 Å². The molecule has 0 bridgehead atoms. The van der Waals surface area contributed by atoms with Crippen molar-refractivity contribution in [2.75, 3.05) is 6.54 Å². The molecule has 5 nitrogen and oxygen atoms in total. The van der Waals surface area contributed by atoms with E-state index in [4.69, 9.17) is 10.6 Å². The van der Waals surface area contributed by atoms with Crippen LogP contribution in [0, 0.1) is 0 Å². The van der Waals surface area contributed by atoms with E-state index in [0.29, 0.717) is 19.6 Å². The number of hydroxylamine groups is 1. The Balaban J connectivity index is 1.73. The minimum absolute atomic E-state index is 0.273. The molecule has 1 aliphatic rings. The van der Waals surface area contributed by atoms with Crippen molar-refractivity contribution in [2.45, 2.75) is 19.1 Å². The maximum atomic E-state index is 10.9. The van der Waals surface area contributed by atoms with E-state index in [1.807, 2.05) is 36.4 Å². The Morgan fingerprint density at radius 3 is 2.83 bits per heavy atom. The summed E-state index contributed by atoms with van der Waals surface area (Å²) in [5, 5.41) is 3.03. The van der Waals surface area contributed by atoms with Crippen molar-refractivity contribution in [1.82, 2.24) is 10.8 Å². The molecule has 0 saturated carbocycles. The van der Waals surface area contributed by atoms with Gasteiger partial charge in [-0.1, -0.05) is 36.4 Å². The first kappa shape index (κ1) is 12.6. The van der Waals surface area contributed by atoms with Gasteiger partial charge < -0.3 is 5.73 Å². The maximum absolute atomic E-state index is 10.9. The first-order valence-corrected chi connectivity index (χ1v) is 5.89. The second-order valence-corrected chi connectivity index (χ2v) is 4.18. The third kappa shape index (κ3) is 3.58. The van der Waals surface area contributed by atoms with Gasteiger partial charge in [0, 0.05) is 12.2 Å². The minimum atomic E-state index is -0.324. The molecule has 0 fully saturated rings. The van der Waals surface area contributed by atoms with Crippen molar-refractivity contribution in [3.8, 4) is 0 Å². The fraction of sp³-hybridized carbons (Fsp3) is 0.308. The number of carbonyl (C=O) groups excluding carboxylic acids is 1. The van der Waals surface area contributed by atoms with E-state index in [2.05, 4.69) is 10.8 Å². The van der Waals surface area contributed by atoms with Crippen LogP contribution in [0.1, 0.15) is 12.0 Å². The van der Waals surface area contributed by atoms with Crippen molar-refractivity contribution in [2.24, 2.45) is 5.73 Å². The second kappa shape index (κ2) is 6.18. The molecular formula is C13H17N3O2.